The number of aromatic nitrogens is 2. The number of fused-ring (bicyclic) bond motifs is 1. The summed E-state index contributed by atoms with van der Waals surface area (Å²) in [5, 5.41) is 4.83. The van der Waals surface area contributed by atoms with Gasteiger partial charge in [-0.15, -0.1) is 11.3 Å². The monoisotopic (exact) mass is 393 g/mol. The van der Waals surface area contributed by atoms with E-state index >= 15 is 0 Å². The van der Waals surface area contributed by atoms with Gasteiger partial charge in [-0.25, -0.2) is 9.37 Å². The summed E-state index contributed by atoms with van der Waals surface area (Å²) in [4.78, 5) is 19.6. The van der Waals surface area contributed by atoms with Crippen LogP contribution in [0.3, 0.4) is 0 Å². The second-order valence-corrected chi connectivity index (χ2v) is 7.79. The first kappa shape index (κ1) is 17.1. The second kappa shape index (κ2) is 6.83. The molecule has 140 valence electrons. The Bertz CT molecular complexity index is 1140. The highest BCUT2D eigenvalue weighted by Crippen LogP contribution is 2.37. The van der Waals surface area contributed by atoms with Crippen molar-refractivity contribution in [3.8, 4) is 11.3 Å². The minimum atomic E-state index is -0.411. The summed E-state index contributed by atoms with van der Waals surface area (Å²) in [6.07, 6.45) is 1.77. The molecule has 1 saturated heterocycles. The number of nitrogens with zero attached hydrogens (tertiary/aromatic N) is 3. The molecule has 2 aromatic carbocycles. The van der Waals surface area contributed by atoms with Crippen molar-refractivity contribution in [2.75, 3.05) is 6.54 Å². The van der Waals surface area contributed by atoms with E-state index in [0.29, 0.717) is 6.54 Å². The number of thiazole rings is 1. The van der Waals surface area contributed by atoms with Crippen molar-refractivity contribution in [3.05, 3.63) is 71.1 Å². The first-order valence-corrected chi connectivity index (χ1v) is 9.90. The van der Waals surface area contributed by atoms with E-state index in [9.17, 15) is 9.18 Å². The van der Waals surface area contributed by atoms with Crippen molar-refractivity contribution in [1.29, 1.82) is 0 Å². The average Bonchev–Trinajstić information content (AvgIpc) is 3.45. The second-order valence-electron chi connectivity index (χ2n) is 6.73. The lowest BCUT2D eigenvalue weighted by molar-refractivity contribution is 0.0725. The van der Waals surface area contributed by atoms with Crippen molar-refractivity contribution in [1.82, 2.24) is 15.0 Å². The summed E-state index contributed by atoms with van der Waals surface area (Å²) in [5.74, 6) is -0.378. The minimum absolute atomic E-state index is 0.0708. The van der Waals surface area contributed by atoms with Crippen LogP contribution in [0.1, 0.15) is 34.4 Å². The van der Waals surface area contributed by atoms with Gasteiger partial charge < -0.3 is 9.42 Å². The van der Waals surface area contributed by atoms with Crippen LogP contribution in [0.5, 0.6) is 0 Å². The summed E-state index contributed by atoms with van der Waals surface area (Å²) in [6, 6.07) is 15.7. The van der Waals surface area contributed by atoms with Crippen LogP contribution in [-0.2, 0) is 0 Å². The normalized spacial score (nSPS) is 16.8. The van der Waals surface area contributed by atoms with Crippen molar-refractivity contribution in [2.24, 2.45) is 0 Å². The van der Waals surface area contributed by atoms with Crippen molar-refractivity contribution in [3.63, 3.8) is 0 Å². The predicted molar refractivity (Wildman–Crippen MR) is 105 cm³/mol. The van der Waals surface area contributed by atoms with E-state index in [2.05, 4.69) is 5.16 Å². The third kappa shape index (κ3) is 2.88. The molecule has 0 N–H and O–H groups in total. The standard InChI is InChI=1S/C21H16FN3O2S/c22-14-7-2-1-6-13(14)18-12-16(24-27-18)21(26)25-11-5-9-17(25)20-23-15-8-3-4-10-19(15)28-20/h1-4,6-8,10,12,17H,5,9,11H2. The van der Waals surface area contributed by atoms with E-state index in [1.807, 2.05) is 24.3 Å². The van der Waals surface area contributed by atoms with Gasteiger partial charge in [0.05, 0.1) is 21.8 Å². The van der Waals surface area contributed by atoms with Gasteiger partial charge in [0.15, 0.2) is 11.5 Å². The van der Waals surface area contributed by atoms with Crippen LogP contribution in [0, 0.1) is 5.82 Å². The third-order valence-corrected chi connectivity index (χ3v) is 6.12. The molecule has 7 heteroatoms. The van der Waals surface area contributed by atoms with Gasteiger partial charge in [0.2, 0.25) is 0 Å². The molecule has 1 aliphatic heterocycles. The maximum Gasteiger partial charge on any atom is 0.276 e. The zero-order valence-electron chi connectivity index (χ0n) is 14.8. The highest BCUT2D eigenvalue weighted by molar-refractivity contribution is 7.18. The third-order valence-electron chi connectivity index (χ3n) is 4.98. The predicted octanol–water partition coefficient (Wildman–Crippen LogP) is 5.07. The topological polar surface area (TPSA) is 59.2 Å². The van der Waals surface area contributed by atoms with Crippen molar-refractivity contribution in [2.45, 2.75) is 18.9 Å². The number of hydrogen-bond acceptors (Lipinski definition) is 5. The molecule has 1 aliphatic rings. The molecule has 0 radical (unpaired) electrons. The van der Waals surface area contributed by atoms with Crippen LogP contribution in [-0.4, -0.2) is 27.5 Å². The van der Waals surface area contributed by atoms with Gasteiger partial charge in [-0.05, 0) is 37.1 Å². The molecule has 1 unspecified atom stereocenters. The highest BCUT2D eigenvalue weighted by Gasteiger charge is 2.34. The largest absolute Gasteiger partial charge is 0.355 e. The summed E-state index contributed by atoms with van der Waals surface area (Å²) in [6.45, 7) is 0.640. The van der Waals surface area contributed by atoms with E-state index in [1.165, 1.54) is 12.1 Å². The van der Waals surface area contributed by atoms with Crippen LogP contribution in [0.15, 0.2) is 59.1 Å². The fourth-order valence-corrected chi connectivity index (χ4v) is 4.73. The lowest BCUT2D eigenvalue weighted by atomic mass is 10.1. The summed E-state index contributed by atoms with van der Waals surface area (Å²) in [7, 11) is 0. The zero-order chi connectivity index (χ0) is 19.1. The Hall–Kier alpha value is -3.06. The summed E-state index contributed by atoms with van der Waals surface area (Å²) in [5.41, 5.74) is 1.43. The molecule has 1 amide bonds. The summed E-state index contributed by atoms with van der Waals surface area (Å²) < 4.78 is 20.3. The Morgan fingerprint density at radius 1 is 1.18 bits per heavy atom. The molecular weight excluding hydrogens is 377 g/mol. The number of amides is 1. The van der Waals surface area contributed by atoms with Gasteiger partial charge in [0, 0.05) is 12.6 Å². The van der Waals surface area contributed by atoms with Crippen LogP contribution in [0.2, 0.25) is 0 Å². The van der Waals surface area contributed by atoms with Crippen molar-refractivity contribution >= 4 is 27.5 Å². The number of carbonyl (C=O) groups is 1. The molecule has 1 atom stereocenters. The Morgan fingerprint density at radius 3 is 2.86 bits per heavy atom. The first-order chi connectivity index (χ1) is 13.7. The van der Waals surface area contributed by atoms with E-state index in [-0.39, 0.29) is 29.0 Å². The SMILES string of the molecule is O=C(c1cc(-c2ccccc2F)on1)N1CCCC1c1nc2ccccc2s1. The molecule has 5 rings (SSSR count). The van der Waals surface area contributed by atoms with Gasteiger partial charge in [-0.1, -0.05) is 29.4 Å². The first-order valence-electron chi connectivity index (χ1n) is 9.09. The van der Waals surface area contributed by atoms with Crippen LogP contribution in [0.25, 0.3) is 21.5 Å². The Morgan fingerprint density at radius 2 is 2.00 bits per heavy atom. The number of halogens is 1. The molecule has 2 aromatic heterocycles. The fraction of sp³-hybridized carbons (Fsp3) is 0.190. The zero-order valence-corrected chi connectivity index (χ0v) is 15.7. The number of hydrogen-bond donors (Lipinski definition) is 0. The van der Waals surface area contributed by atoms with Gasteiger partial charge in [-0.2, -0.15) is 0 Å². The van der Waals surface area contributed by atoms with Crippen LogP contribution in [0.4, 0.5) is 4.39 Å². The maximum atomic E-state index is 14.0. The number of benzene rings is 2. The van der Waals surface area contributed by atoms with Gasteiger partial charge in [-0.3, -0.25) is 4.79 Å². The lowest BCUT2D eigenvalue weighted by Gasteiger charge is -2.21. The highest BCUT2D eigenvalue weighted by atomic mass is 32.1. The Labute approximate surface area is 164 Å². The van der Waals surface area contributed by atoms with Crippen molar-refractivity contribution < 1.29 is 13.7 Å². The molecule has 0 saturated carbocycles. The summed E-state index contributed by atoms with van der Waals surface area (Å²) >= 11 is 1.62. The van der Waals surface area contributed by atoms with E-state index in [4.69, 9.17) is 9.51 Å². The van der Waals surface area contributed by atoms with E-state index in [0.717, 1.165) is 28.1 Å². The number of carbonyl (C=O) groups excluding carboxylic acids is 1. The number of para-hydroxylation sites is 1. The van der Waals surface area contributed by atoms with Gasteiger partial charge >= 0.3 is 0 Å². The molecular formula is C21H16FN3O2S. The van der Waals surface area contributed by atoms with E-state index in [1.54, 1.807) is 34.4 Å². The molecule has 4 aromatic rings. The minimum Gasteiger partial charge on any atom is -0.355 e. The number of rotatable bonds is 3. The molecule has 28 heavy (non-hydrogen) atoms. The quantitative estimate of drug-likeness (QED) is 0.488. The Kier molecular flexibility index (Phi) is 4.16. The fourth-order valence-electron chi connectivity index (χ4n) is 3.61. The van der Waals surface area contributed by atoms with Crippen LogP contribution >= 0.6 is 11.3 Å². The number of likely N-dealkylation sites (tertiary alicyclic amines) is 1. The molecule has 5 nitrogen and oxygen atoms in total. The van der Waals surface area contributed by atoms with E-state index < -0.39 is 5.82 Å². The maximum absolute atomic E-state index is 14.0. The smallest absolute Gasteiger partial charge is 0.276 e. The molecule has 1 fully saturated rings. The average molecular weight is 393 g/mol. The molecule has 0 aliphatic carbocycles. The lowest BCUT2D eigenvalue weighted by Crippen LogP contribution is -2.30. The van der Waals surface area contributed by atoms with Gasteiger partial charge in [0.25, 0.3) is 5.91 Å². The molecule has 3 heterocycles. The van der Waals surface area contributed by atoms with Gasteiger partial charge in [0.1, 0.15) is 10.8 Å². The molecule has 0 spiro atoms. The Balaban J connectivity index is 1.44. The molecule has 0 bridgehead atoms. The van der Waals surface area contributed by atoms with Crippen LogP contribution < -0.4 is 0 Å².